The number of hydrogen-bond acceptors (Lipinski definition) is 4. The second-order valence-corrected chi connectivity index (χ2v) is 31.4. The quantitative estimate of drug-likeness (QED) is 0.0812. The van der Waals surface area contributed by atoms with Gasteiger partial charge in [0.15, 0.2) is 0 Å². The van der Waals surface area contributed by atoms with E-state index in [1.807, 2.05) is 91.0 Å². The van der Waals surface area contributed by atoms with Crippen molar-refractivity contribution in [3.8, 4) is 89.0 Å². The van der Waals surface area contributed by atoms with E-state index in [0.717, 1.165) is 47.2 Å². The largest absolute Gasteiger partial charge is 0.489 e. The van der Waals surface area contributed by atoms with Crippen LogP contribution in [0.3, 0.4) is 0 Å². The molecule has 0 aliphatic heterocycles. The summed E-state index contributed by atoms with van der Waals surface area (Å²) in [5, 5.41) is 54.0. The molecule has 0 aliphatic carbocycles. The number of benzene rings is 20. The van der Waals surface area contributed by atoms with E-state index in [0.29, 0.717) is 10.9 Å². The van der Waals surface area contributed by atoms with Gasteiger partial charge in [0, 0.05) is 12.5 Å². The van der Waals surface area contributed by atoms with Crippen molar-refractivity contribution in [2.24, 2.45) is 0 Å². The monoisotopic (exact) mass is 1720 g/mol. The lowest BCUT2D eigenvalue weighted by Gasteiger charge is -2.14. The van der Waals surface area contributed by atoms with Crippen molar-refractivity contribution in [2.75, 3.05) is 0 Å². The van der Waals surface area contributed by atoms with Crippen molar-refractivity contribution in [3.05, 3.63) is 443 Å². The molecule has 0 heterocycles. The van der Waals surface area contributed by atoms with Crippen molar-refractivity contribution in [2.45, 2.75) is 0 Å². The molecule has 0 aromatic heterocycles. The van der Waals surface area contributed by atoms with Gasteiger partial charge in [-0.1, -0.05) is 384 Å². The van der Waals surface area contributed by atoms with Gasteiger partial charge >= 0.3 is 14.2 Å². The molecule has 0 bridgehead atoms. The topological polar surface area (TPSA) is 80.9 Å². The normalized spacial score (nSPS) is 10.9. The van der Waals surface area contributed by atoms with Gasteiger partial charge in [-0.25, -0.2) is 0 Å². The Bertz CT molecular complexity index is 6840. The lowest BCUT2D eigenvalue weighted by atomic mass is 9.76. The third-order valence-corrected chi connectivity index (χ3v) is 22.6. The number of fused-ring (bicyclic) bond motifs is 7. The zero-order valence-electron chi connectivity index (χ0n) is 62.6. The van der Waals surface area contributed by atoms with Gasteiger partial charge in [-0.3, -0.25) is 0 Å². The van der Waals surface area contributed by atoms with Crippen LogP contribution in [0.1, 0.15) is 0 Å². The van der Waals surface area contributed by atoms with E-state index < -0.39 is 14.2 Å². The molecule has 20 aromatic rings. The average Bonchev–Trinajstić information content (AvgIpc) is 0.569. The van der Waals surface area contributed by atoms with Crippen LogP contribution < -0.4 is 10.9 Å². The first-order valence-electron chi connectivity index (χ1n) is 38.2. The molecule has 550 valence electrons. The fourth-order valence-corrected chi connectivity index (χ4v) is 16.8. The summed E-state index contributed by atoms with van der Waals surface area (Å²) in [6.45, 7) is 0. The first-order chi connectivity index (χ1) is 56.4. The Labute approximate surface area is 701 Å². The van der Waals surface area contributed by atoms with Crippen LogP contribution in [-0.4, -0.2) is 34.3 Å². The van der Waals surface area contributed by atoms with Gasteiger partial charge in [-0.15, -0.1) is 0 Å². The molecule has 20 rings (SSSR count). The summed E-state index contributed by atoms with van der Waals surface area (Å²) >= 11 is 9.18. The number of halogens is 3. The Kier molecular flexibility index (Phi) is 24.0. The molecular weight excluding hydrogens is 1650 g/mol. The molecule has 0 aliphatic rings. The summed E-state index contributed by atoms with van der Waals surface area (Å²) in [7, 11) is -2.89. The molecule has 0 atom stereocenters. The standard InChI is InChI=1S/C42H28.C22H15Br.C20H15BO2.C16H13BO2.C6H4BrI/c1-2-9-29(10-3-1)33-18-19-36-26-34(20-21-35(36)25-33)32-13-8-14-37(28-32)39-23-24-40(42-16-7-6-15-41(39)42)38-22-17-30-11-4-5-12-31(30)27-38;23-22-8-4-7-17(15-22)19-11-12-20-13-18(9-10-21(20)14-19)16-5-2-1-3-6-16;22-21(23)20-12-11-17(18-7-3-4-8-19(18)20)16-10-9-14-5-1-2-6-15(14)13-16;18-17(19)16-9-8-14-10-13(6-7-15(14)11-16)12-4-2-1-3-5-12;7-5-2-1-3-6(8)4-5/h1-28H;1-15H;1-13,22-23H;1-11,18-19H;1-4H. The second-order valence-electron chi connectivity index (χ2n) is 28.3. The van der Waals surface area contributed by atoms with Crippen molar-refractivity contribution < 1.29 is 20.1 Å². The summed E-state index contributed by atoms with van der Waals surface area (Å²) in [4.78, 5) is 0. The van der Waals surface area contributed by atoms with Crippen LogP contribution in [0.5, 0.6) is 0 Å². The van der Waals surface area contributed by atoms with E-state index in [9.17, 15) is 20.1 Å². The second kappa shape index (κ2) is 35.9. The van der Waals surface area contributed by atoms with Crippen molar-refractivity contribution in [1.82, 2.24) is 0 Å². The number of rotatable bonds is 10. The molecule has 0 unspecified atom stereocenters. The van der Waals surface area contributed by atoms with Gasteiger partial charge in [0.2, 0.25) is 0 Å². The fraction of sp³-hybridized carbons (Fsp3) is 0. The van der Waals surface area contributed by atoms with Crippen molar-refractivity contribution >= 4 is 155 Å². The maximum Gasteiger partial charge on any atom is 0.489 e. The van der Waals surface area contributed by atoms with E-state index in [2.05, 4.69) is 376 Å². The molecule has 4 N–H and O–H groups in total. The Balaban J connectivity index is 0.000000117. The summed E-state index contributed by atoms with van der Waals surface area (Å²) in [6, 6.07) is 150. The van der Waals surface area contributed by atoms with Crippen LogP contribution in [0.4, 0.5) is 0 Å². The van der Waals surface area contributed by atoms with Crippen LogP contribution in [0, 0.1) is 3.57 Å². The summed E-state index contributed by atoms with van der Waals surface area (Å²) in [6.07, 6.45) is 0. The molecule has 0 radical (unpaired) electrons. The Morgan fingerprint density at radius 2 is 0.461 bits per heavy atom. The van der Waals surface area contributed by atoms with Crippen LogP contribution in [0.15, 0.2) is 440 Å². The predicted molar refractivity (Wildman–Crippen MR) is 506 cm³/mol. The lowest BCUT2D eigenvalue weighted by molar-refractivity contribution is 0.424. The van der Waals surface area contributed by atoms with Gasteiger partial charge < -0.3 is 20.1 Å². The summed E-state index contributed by atoms with van der Waals surface area (Å²) in [5.74, 6) is 0. The molecule has 9 heteroatoms. The SMILES string of the molecule is Brc1cccc(-c2ccc3cc(-c4ccccc4)ccc3c2)c1.Brc1cccc(I)c1.OB(O)c1ccc(-c2ccc3ccccc3c2)c2ccccc12.OB(O)c1ccc2cc(-c3ccccc3)ccc2c1.c1ccc(-c2ccc3cc(-c4cccc(-c5ccc(-c6ccc7ccccc7c6)c6ccccc56)c4)ccc3c2)cc1. The highest BCUT2D eigenvalue weighted by atomic mass is 127. The zero-order valence-corrected chi connectivity index (χ0v) is 67.9. The highest BCUT2D eigenvalue weighted by Crippen LogP contribution is 2.40. The van der Waals surface area contributed by atoms with Gasteiger partial charge in [0.05, 0.1) is 0 Å². The van der Waals surface area contributed by atoms with Crippen LogP contribution in [0.2, 0.25) is 0 Å². The van der Waals surface area contributed by atoms with Gasteiger partial charge in [0.25, 0.3) is 0 Å². The Hall–Kier alpha value is -12.1. The van der Waals surface area contributed by atoms with E-state index in [1.165, 1.54) is 130 Å². The molecule has 0 amide bonds. The lowest BCUT2D eigenvalue weighted by Crippen LogP contribution is -2.30. The minimum Gasteiger partial charge on any atom is -0.423 e. The molecule has 0 saturated heterocycles. The van der Waals surface area contributed by atoms with E-state index in [-0.39, 0.29) is 0 Å². The zero-order chi connectivity index (χ0) is 78.6. The molecule has 4 nitrogen and oxygen atoms in total. The molecule has 0 saturated carbocycles. The van der Waals surface area contributed by atoms with Gasteiger partial charge in [0.1, 0.15) is 0 Å². The third-order valence-electron chi connectivity index (χ3n) is 20.9. The minimum absolute atomic E-state index is 0.514. The molecular formula is C106H75B2Br2IO4. The molecule has 115 heavy (non-hydrogen) atoms. The van der Waals surface area contributed by atoms with E-state index in [4.69, 9.17) is 0 Å². The smallest absolute Gasteiger partial charge is 0.423 e. The Morgan fingerprint density at radius 3 is 0.870 bits per heavy atom. The van der Waals surface area contributed by atoms with Crippen molar-refractivity contribution in [1.29, 1.82) is 0 Å². The summed E-state index contributed by atoms with van der Waals surface area (Å²) < 4.78 is 3.51. The maximum atomic E-state index is 9.58. The van der Waals surface area contributed by atoms with Crippen LogP contribution in [-0.2, 0) is 0 Å². The maximum absolute atomic E-state index is 9.58. The highest BCUT2D eigenvalue weighted by Gasteiger charge is 2.18. The third kappa shape index (κ3) is 18.3. The van der Waals surface area contributed by atoms with Gasteiger partial charge in [-0.05, 0) is 277 Å². The van der Waals surface area contributed by atoms with Gasteiger partial charge in [-0.2, -0.15) is 0 Å². The first-order valence-corrected chi connectivity index (χ1v) is 40.8. The van der Waals surface area contributed by atoms with Crippen molar-refractivity contribution in [3.63, 3.8) is 0 Å². The Morgan fingerprint density at radius 1 is 0.183 bits per heavy atom. The molecule has 0 spiro atoms. The van der Waals surface area contributed by atoms with Crippen LogP contribution >= 0.6 is 54.5 Å². The highest BCUT2D eigenvalue weighted by molar-refractivity contribution is 14.1. The molecule has 20 aromatic carbocycles. The molecule has 0 fully saturated rings. The first kappa shape index (κ1) is 76.8. The fourth-order valence-electron chi connectivity index (χ4n) is 15.0. The van der Waals surface area contributed by atoms with E-state index >= 15 is 0 Å². The summed E-state index contributed by atoms with van der Waals surface area (Å²) in [5.41, 5.74) is 20.5. The van der Waals surface area contributed by atoms with E-state index in [1.54, 1.807) is 18.2 Å². The number of hydrogen-bond donors (Lipinski definition) is 4. The van der Waals surface area contributed by atoms with Crippen LogP contribution in [0.25, 0.3) is 164 Å². The minimum atomic E-state index is -1.47. The predicted octanol–water partition coefficient (Wildman–Crippen LogP) is 27.3. The average molecular weight is 1720 g/mol.